The fourth-order valence-electron chi connectivity index (χ4n) is 6.97. The van der Waals surface area contributed by atoms with Gasteiger partial charge < -0.3 is 0 Å². The van der Waals surface area contributed by atoms with E-state index in [0.717, 1.165) is 24.0 Å². The molecule has 0 radical (unpaired) electrons. The van der Waals surface area contributed by atoms with Gasteiger partial charge in [-0.05, 0) is 66.1 Å². The number of rotatable bonds is 0. The lowest BCUT2D eigenvalue weighted by molar-refractivity contribution is -0.136. The minimum Gasteiger partial charge on any atom is -0.296 e. The summed E-state index contributed by atoms with van der Waals surface area (Å²) in [5.41, 5.74) is 1.43. The summed E-state index contributed by atoms with van der Waals surface area (Å²) >= 11 is 3.62. The Morgan fingerprint density at radius 2 is 1.88 bits per heavy atom. The molecule has 3 unspecified atom stereocenters. The van der Waals surface area contributed by atoms with Gasteiger partial charge in [0.2, 0.25) is 0 Å². The Morgan fingerprint density at radius 1 is 1.23 bits per heavy atom. The second-order valence-corrected chi connectivity index (χ2v) is 10.5. The van der Waals surface area contributed by atoms with Gasteiger partial charge in [0, 0.05) is 10.8 Å². The lowest BCUT2D eigenvalue weighted by atomic mass is 9.42. The van der Waals surface area contributed by atoms with Gasteiger partial charge in [0.15, 0.2) is 17.7 Å². The van der Waals surface area contributed by atoms with Gasteiger partial charge in [-0.1, -0.05) is 50.2 Å². The van der Waals surface area contributed by atoms with Crippen LogP contribution in [-0.2, 0) is 9.59 Å². The normalized spacial score (nSPS) is 53.7. The number of carbonyl (C=O) groups excluding carboxylic acids is 2. The van der Waals surface area contributed by atoms with Gasteiger partial charge in [-0.15, -0.1) is 0 Å². The van der Waals surface area contributed by atoms with E-state index in [1.165, 1.54) is 0 Å². The van der Waals surface area contributed by atoms with Crippen molar-refractivity contribution < 1.29 is 14.0 Å². The van der Waals surface area contributed by atoms with Crippen LogP contribution in [0.25, 0.3) is 0 Å². The van der Waals surface area contributed by atoms with Crippen LogP contribution in [-0.4, -0.2) is 22.6 Å². The summed E-state index contributed by atoms with van der Waals surface area (Å²) in [5.74, 6) is 0.945. The summed E-state index contributed by atoms with van der Waals surface area (Å²) in [6.45, 7) is 12.9. The SMILES string of the molecule is C=C1C2=CC(=O)C(Br)[C@H](C)[C@]2(C)[C@H]2CC[C@]3(C)C(=O)C(F)C[C@H]3[C@@H]2C1C. The van der Waals surface area contributed by atoms with Crippen LogP contribution >= 0.6 is 15.9 Å². The highest BCUT2D eigenvalue weighted by molar-refractivity contribution is 9.10. The molecule has 4 rings (SSSR count). The lowest BCUT2D eigenvalue weighted by Gasteiger charge is -2.61. The van der Waals surface area contributed by atoms with Crippen molar-refractivity contribution in [2.24, 2.45) is 40.4 Å². The van der Waals surface area contributed by atoms with Crippen LogP contribution in [0.4, 0.5) is 4.39 Å². The van der Waals surface area contributed by atoms with Crippen molar-refractivity contribution in [2.45, 2.75) is 58.0 Å². The van der Waals surface area contributed by atoms with Crippen LogP contribution in [0.1, 0.15) is 47.0 Å². The standard InChI is InChI=1S/C22H28BrFO2/c1-10-11(2)18-13(6-7-21(4)15(18)8-16(24)20(21)26)22(5)12(3)19(23)17(25)9-14(10)22/h9,11-13,15-16,18-19H,1,6-8H2,2-5H3/t11?,12-,13-,15-,16?,18+,19?,21-,22+/m0/s1. The number of hydrogen-bond donors (Lipinski definition) is 0. The molecule has 0 amide bonds. The van der Waals surface area contributed by atoms with Gasteiger partial charge in [0.25, 0.3) is 0 Å². The number of ketones is 2. The van der Waals surface area contributed by atoms with Crippen LogP contribution in [0.15, 0.2) is 23.8 Å². The van der Waals surface area contributed by atoms with E-state index < -0.39 is 11.6 Å². The van der Waals surface area contributed by atoms with Crippen molar-refractivity contribution in [3.05, 3.63) is 23.8 Å². The van der Waals surface area contributed by atoms with Gasteiger partial charge in [-0.2, -0.15) is 0 Å². The third-order valence-electron chi connectivity index (χ3n) is 8.80. The summed E-state index contributed by atoms with van der Waals surface area (Å²) in [6.07, 6.45) is 2.52. The van der Waals surface area contributed by atoms with Crippen LogP contribution in [0.5, 0.6) is 0 Å². The Hall–Kier alpha value is -0.770. The van der Waals surface area contributed by atoms with Gasteiger partial charge in [-0.3, -0.25) is 9.59 Å². The maximum atomic E-state index is 14.4. The molecule has 3 fully saturated rings. The van der Waals surface area contributed by atoms with Crippen LogP contribution in [0, 0.1) is 40.4 Å². The molecule has 0 aromatic carbocycles. The fraction of sp³-hybridized carbons (Fsp3) is 0.727. The fourth-order valence-corrected chi connectivity index (χ4v) is 7.65. The van der Waals surface area contributed by atoms with Crippen LogP contribution in [0.2, 0.25) is 0 Å². The Bertz CT molecular complexity index is 742. The van der Waals surface area contributed by atoms with Gasteiger partial charge in [0.05, 0.1) is 4.83 Å². The van der Waals surface area contributed by atoms with E-state index in [9.17, 15) is 14.0 Å². The highest BCUT2D eigenvalue weighted by atomic mass is 79.9. The third-order valence-corrected chi connectivity index (χ3v) is 10.0. The number of fused-ring (bicyclic) bond motifs is 5. The van der Waals surface area contributed by atoms with E-state index >= 15 is 0 Å². The predicted octanol–water partition coefficient (Wildman–Crippen LogP) is 5.07. The average molecular weight is 423 g/mol. The molecule has 0 aromatic rings. The molecular weight excluding hydrogens is 395 g/mol. The van der Waals surface area contributed by atoms with E-state index in [1.54, 1.807) is 6.08 Å². The molecule has 0 saturated heterocycles. The minimum absolute atomic E-state index is 0.0764. The quantitative estimate of drug-likeness (QED) is 0.510. The predicted molar refractivity (Wildman–Crippen MR) is 104 cm³/mol. The minimum atomic E-state index is -1.32. The van der Waals surface area contributed by atoms with Crippen molar-refractivity contribution in [1.29, 1.82) is 0 Å². The Balaban J connectivity index is 1.85. The lowest BCUT2D eigenvalue weighted by Crippen LogP contribution is -2.57. The monoisotopic (exact) mass is 422 g/mol. The Kier molecular flexibility index (Phi) is 4.02. The average Bonchev–Trinajstić information content (AvgIpc) is 2.83. The maximum Gasteiger partial charge on any atom is 0.173 e. The smallest absolute Gasteiger partial charge is 0.173 e. The molecule has 0 bridgehead atoms. The molecule has 9 atom stereocenters. The first-order valence-corrected chi connectivity index (χ1v) is 10.7. The zero-order chi connectivity index (χ0) is 19.2. The molecule has 3 saturated carbocycles. The molecule has 0 aromatic heterocycles. The highest BCUT2D eigenvalue weighted by Gasteiger charge is 2.65. The molecule has 0 spiro atoms. The molecule has 4 heteroatoms. The zero-order valence-corrected chi connectivity index (χ0v) is 17.6. The third kappa shape index (κ3) is 2.03. The van der Waals surface area contributed by atoms with Crippen LogP contribution in [0.3, 0.4) is 0 Å². The highest BCUT2D eigenvalue weighted by Crippen LogP contribution is 2.68. The van der Waals surface area contributed by atoms with E-state index in [1.807, 2.05) is 6.92 Å². The van der Waals surface area contributed by atoms with Crippen LogP contribution < -0.4 is 0 Å². The molecule has 26 heavy (non-hydrogen) atoms. The molecule has 142 valence electrons. The number of alkyl halides is 2. The zero-order valence-electron chi connectivity index (χ0n) is 16.0. The Labute approximate surface area is 163 Å². The summed E-state index contributed by atoms with van der Waals surface area (Å²) in [5, 5.41) is 0. The topological polar surface area (TPSA) is 34.1 Å². The number of allylic oxidation sites excluding steroid dienone is 2. The first-order valence-electron chi connectivity index (χ1n) is 9.82. The molecule has 4 aliphatic carbocycles. The first kappa shape index (κ1) is 18.6. The van der Waals surface area contributed by atoms with E-state index in [0.29, 0.717) is 12.3 Å². The van der Waals surface area contributed by atoms with Crippen molar-refractivity contribution >= 4 is 27.5 Å². The number of carbonyl (C=O) groups is 2. The van der Waals surface area contributed by atoms with Gasteiger partial charge in [0.1, 0.15) is 0 Å². The summed E-state index contributed by atoms with van der Waals surface area (Å²) < 4.78 is 14.4. The number of hydrogen-bond acceptors (Lipinski definition) is 2. The molecular formula is C22H28BrFO2. The molecule has 2 nitrogen and oxygen atoms in total. The summed E-state index contributed by atoms with van der Waals surface area (Å²) in [4.78, 5) is 24.9. The molecule has 0 N–H and O–H groups in total. The molecule has 0 aliphatic heterocycles. The van der Waals surface area contributed by atoms with Gasteiger partial charge in [-0.25, -0.2) is 4.39 Å². The van der Waals surface area contributed by atoms with Crippen molar-refractivity contribution in [2.75, 3.05) is 0 Å². The van der Waals surface area contributed by atoms with E-state index in [4.69, 9.17) is 0 Å². The van der Waals surface area contributed by atoms with E-state index in [-0.39, 0.29) is 45.5 Å². The molecule has 4 aliphatic rings. The maximum absolute atomic E-state index is 14.4. The summed E-state index contributed by atoms with van der Waals surface area (Å²) in [6, 6.07) is 0. The second-order valence-electron chi connectivity index (χ2n) is 9.56. The van der Waals surface area contributed by atoms with Crippen molar-refractivity contribution in [3.8, 4) is 0 Å². The van der Waals surface area contributed by atoms with Gasteiger partial charge >= 0.3 is 0 Å². The Morgan fingerprint density at radius 3 is 2.54 bits per heavy atom. The number of halogens is 2. The van der Waals surface area contributed by atoms with E-state index in [2.05, 4.69) is 43.3 Å². The van der Waals surface area contributed by atoms with Crippen molar-refractivity contribution in [3.63, 3.8) is 0 Å². The second kappa shape index (κ2) is 5.62. The number of Topliss-reactive ketones (excluding diaryl/α,β-unsaturated/α-hetero) is 1. The molecule has 0 heterocycles. The first-order chi connectivity index (χ1) is 12.0. The summed E-state index contributed by atoms with van der Waals surface area (Å²) in [7, 11) is 0. The largest absolute Gasteiger partial charge is 0.296 e. The van der Waals surface area contributed by atoms with Crippen molar-refractivity contribution in [1.82, 2.24) is 0 Å².